The van der Waals surface area contributed by atoms with Crippen molar-refractivity contribution in [1.29, 1.82) is 21.0 Å². The highest BCUT2D eigenvalue weighted by atomic mass is 14.8. The van der Waals surface area contributed by atoms with E-state index in [0.29, 0.717) is 55.3 Å². The molecule has 0 radical (unpaired) electrons. The first-order valence-electron chi connectivity index (χ1n) is 20.9. The number of fused-ring (bicyclic) bond motifs is 8. The Morgan fingerprint density at radius 1 is 0.403 bits per heavy atom. The molecule has 8 nitrogen and oxygen atoms in total. The van der Waals surface area contributed by atoms with Crippen LogP contribution in [0.2, 0.25) is 0 Å². The molecule has 5 aromatic rings. The lowest BCUT2D eigenvalue weighted by Gasteiger charge is -2.26. The molecular formula is C54H52N8. The van der Waals surface area contributed by atoms with Gasteiger partial charge in [-0.05, 0) is 104 Å². The van der Waals surface area contributed by atoms with Gasteiger partial charge < -0.3 is 9.97 Å². The van der Waals surface area contributed by atoms with Gasteiger partial charge in [-0.2, -0.15) is 21.0 Å². The molecule has 0 spiro atoms. The van der Waals surface area contributed by atoms with Crippen LogP contribution < -0.4 is 10.4 Å². The van der Waals surface area contributed by atoms with Gasteiger partial charge in [0.1, 0.15) is 35.4 Å². The van der Waals surface area contributed by atoms with Crippen LogP contribution in [-0.2, 0) is 21.7 Å². The highest BCUT2D eigenvalue weighted by Crippen LogP contribution is 2.39. The largest absolute Gasteiger partial charge is 0.354 e. The van der Waals surface area contributed by atoms with E-state index in [2.05, 4.69) is 154 Å². The molecule has 2 N–H and O–H groups in total. The van der Waals surface area contributed by atoms with E-state index in [9.17, 15) is 21.0 Å². The molecule has 3 aromatic heterocycles. The molecule has 2 aromatic carbocycles. The van der Waals surface area contributed by atoms with Gasteiger partial charge in [0, 0.05) is 22.2 Å². The summed E-state index contributed by atoms with van der Waals surface area (Å²) in [5.41, 5.74) is 11.8. The highest BCUT2D eigenvalue weighted by molar-refractivity contribution is 5.95. The molecule has 8 heteroatoms. The number of aromatic amines is 2. The molecule has 62 heavy (non-hydrogen) atoms. The van der Waals surface area contributed by atoms with Gasteiger partial charge in [-0.1, -0.05) is 119 Å². The second-order valence-electron chi connectivity index (χ2n) is 20.3. The Bertz CT molecular complexity index is 2940. The van der Waals surface area contributed by atoms with Gasteiger partial charge >= 0.3 is 0 Å². The summed E-state index contributed by atoms with van der Waals surface area (Å²) in [7, 11) is 0. The SMILES string of the molecule is CC(C)(C)c1cc(-c2c3nc(c(=C(C#N)C#N)c4ccc([nH]4)c(-c4cc(C(C)(C)C)cc(C(C)(C)C)c4)c4nc(c(=C(C#N)C#N)c5ccc2[nH]5)C=C4)C=C3)cc(C(C)(C)C)c1. The number of aromatic nitrogens is 4. The van der Waals surface area contributed by atoms with Gasteiger partial charge in [-0.25, -0.2) is 9.97 Å². The van der Waals surface area contributed by atoms with E-state index in [4.69, 9.17) is 9.97 Å². The maximum atomic E-state index is 10.4. The van der Waals surface area contributed by atoms with Gasteiger partial charge in [0.25, 0.3) is 0 Å². The molecule has 308 valence electrons. The van der Waals surface area contributed by atoms with Crippen LogP contribution in [0.15, 0.2) is 60.7 Å². The van der Waals surface area contributed by atoms with Gasteiger partial charge in [-0.3, -0.25) is 0 Å². The van der Waals surface area contributed by atoms with Crippen molar-refractivity contribution in [2.24, 2.45) is 0 Å². The summed E-state index contributed by atoms with van der Waals surface area (Å²) < 4.78 is 0. The molecule has 2 aliphatic heterocycles. The van der Waals surface area contributed by atoms with E-state index in [1.165, 1.54) is 0 Å². The summed E-state index contributed by atoms with van der Waals surface area (Å²) >= 11 is 0. The Hall–Kier alpha value is -7.26. The van der Waals surface area contributed by atoms with Crippen LogP contribution in [0.3, 0.4) is 0 Å². The average molecular weight is 813 g/mol. The van der Waals surface area contributed by atoms with E-state index in [1.807, 2.05) is 48.6 Å². The van der Waals surface area contributed by atoms with Crippen molar-refractivity contribution >= 4 is 57.5 Å². The predicted molar refractivity (Wildman–Crippen MR) is 253 cm³/mol. The number of H-pyrrole nitrogens is 2. The molecule has 0 atom stereocenters. The van der Waals surface area contributed by atoms with Crippen molar-refractivity contribution in [3.05, 3.63) is 116 Å². The third-order valence-electron chi connectivity index (χ3n) is 11.6. The zero-order valence-electron chi connectivity index (χ0n) is 37.8. The first kappa shape index (κ1) is 42.8. The number of hydrogen-bond acceptors (Lipinski definition) is 6. The smallest absolute Gasteiger partial charge is 0.141 e. The molecule has 7 rings (SSSR count). The van der Waals surface area contributed by atoms with Gasteiger partial charge in [0.15, 0.2) is 0 Å². The van der Waals surface area contributed by atoms with Gasteiger partial charge in [0.2, 0.25) is 0 Å². The number of nitriles is 4. The average Bonchev–Trinajstić information content (AvgIpc) is 4.04. The van der Waals surface area contributed by atoms with Crippen LogP contribution in [0.4, 0.5) is 0 Å². The number of benzene rings is 2. The Morgan fingerprint density at radius 3 is 0.952 bits per heavy atom. The fraction of sp³-hybridized carbons (Fsp3) is 0.296. The maximum absolute atomic E-state index is 10.4. The third kappa shape index (κ3) is 8.01. The number of nitrogens with one attached hydrogen (secondary N) is 2. The van der Waals surface area contributed by atoms with Gasteiger partial charge in [-0.15, -0.1) is 0 Å². The maximum Gasteiger partial charge on any atom is 0.141 e. The second kappa shape index (κ2) is 15.3. The minimum Gasteiger partial charge on any atom is -0.354 e. The minimum atomic E-state index is -0.181. The van der Waals surface area contributed by atoms with Crippen LogP contribution in [0.1, 0.15) is 128 Å². The first-order chi connectivity index (χ1) is 29.0. The summed E-state index contributed by atoms with van der Waals surface area (Å²) in [6.07, 6.45) is 7.54. The molecule has 0 saturated heterocycles. The molecule has 0 unspecified atom stereocenters. The zero-order valence-corrected chi connectivity index (χ0v) is 37.8. The molecule has 5 heterocycles. The zero-order chi connectivity index (χ0) is 45.1. The van der Waals surface area contributed by atoms with Crippen LogP contribution >= 0.6 is 0 Å². The van der Waals surface area contributed by atoms with Crippen molar-refractivity contribution in [2.45, 2.75) is 105 Å². The van der Waals surface area contributed by atoms with Crippen LogP contribution in [0.25, 0.3) is 79.8 Å². The monoisotopic (exact) mass is 812 g/mol. The summed E-state index contributed by atoms with van der Waals surface area (Å²) in [5.74, 6) is 0. The molecule has 0 aliphatic carbocycles. The molecule has 0 saturated carbocycles. The predicted octanol–water partition coefficient (Wildman–Crippen LogP) is 11.6. The summed E-state index contributed by atoms with van der Waals surface area (Å²) in [4.78, 5) is 17.6. The molecule has 8 bridgehead atoms. The fourth-order valence-electron chi connectivity index (χ4n) is 7.89. The molecule has 2 aliphatic rings. The summed E-state index contributed by atoms with van der Waals surface area (Å²) in [6, 6.07) is 29.5. The Labute approximate surface area is 364 Å². The van der Waals surface area contributed by atoms with Crippen LogP contribution in [-0.4, -0.2) is 19.9 Å². The Kier molecular flexibility index (Phi) is 10.6. The Balaban J connectivity index is 1.77. The number of nitrogens with zero attached hydrogens (tertiary/aromatic N) is 6. The lowest BCUT2D eigenvalue weighted by molar-refractivity contribution is 0.568. The van der Waals surface area contributed by atoms with Crippen molar-refractivity contribution in [3.8, 4) is 46.5 Å². The van der Waals surface area contributed by atoms with E-state index >= 15 is 0 Å². The van der Waals surface area contributed by atoms with Crippen molar-refractivity contribution in [3.63, 3.8) is 0 Å². The number of hydrogen-bond donors (Lipinski definition) is 2. The van der Waals surface area contributed by atoms with Crippen molar-refractivity contribution < 1.29 is 0 Å². The second-order valence-corrected chi connectivity index (χ2v) is 20.3. The molecule has 0 amide bonds. The lowest BCUT2D eigenvalue weighted by atomic mass is 9.78. The molecular weight excluding hydrogens is 761 g/mol. The Morgan fingerprint density at radius 2 is 0.677 bits per heavy atom. The van der Waals surface area contributed by atoms with E-state index in [0.717, 1.165) is 44.5 Å². The normalized spacial score (nSPS) is 12.6. The van der Waals surface area contributed by atoms with E-state index in [-0.39, 0.29) is 32.8 Å². The minimum absolute atomic E-state index is 0.0760. The van der Waals surface area contributed by atoms with Crippen LogP contribution in [0.5, 0.6) is 0 Å². The third-order valence-corrected chi connectivity index (χ3v) is 11.6. The highest BCUT2D eigenvalue weighted by Gasteiger charge is 2.25. The van der Waals surface area contributed by atoms with Crippen molar-refractivity contribution in [1.82, 2.24) is 19.9 Å². The lowest BCUT2D eigenvalue weighted by Crippen LogP contribution is -2.16. The fourth-order valence-corrected chi connectivity index (χ4v) is 7.89. The topological polar surface area (TPSA) is 153 Å². The molecule has 0 fully saturated rings. The van der Waals surface area contributed by atoms with E-state index in [1.54, 1.807) is 0 Å². The summed E-state index contributed by atoms with van der Waals surface area (Å²) in [6.45, 7) is 26.3. The quantitative estimate of drug-likeness (QED) is 0.177. The number of rotatable bonds is 2. The van der Waals surface area contributed by atoms with Gasteiger partial charge in [0.05, 0.1) is 44.2 Å². The summed E-state index contributed by atoms with van der Waals surface area (Å²) in [5, 5.41) is 42.5. The van der Waals surface area contributed by atoms with Crippen LogP contribution in [0, 0.1) is 45.3 Å². The first-order valence-corrected chi connectivity index (χ1v) is 20.9. The van der Waals surface area contributed by atoms with Crippen molar-refractivity contribution in [2.75, 3.05) is 0 Å². The van der Waals surface area contributed by atoms with E-state index < -0.39 is 0 Å². The standard InChI is InChI=1S/C54H52N8/c1-51(2,3)35-21-31(22-36(25-35)52(4,5)6)47-39-13-17-43(59-39)49(33(27-55)28-56)45-19-15-41(61-45)48(32-23-37(53(7,8)9)26-38(24-32)54(10,11)12)42-16-20-46(62-42)50(34(29-57)30-58)44-18-14-40(47)60-44/h13-26,59,62H,1-12H3.